The van der Waals surface area contributed by atoms with Crippen LogP contribution in [-0.2, 0) is 6.54 Å². The van der Waals surface area contributed by atoms with Crippen molar-refractivity contribution < 1.29 is 0 Å². The van der Waals surface area contributed by atoms with Gasteiger partial charge in [-0.3, -0.25) is 4.68 Å². The molecule has 2 rings (SSSR count). The predicted octanol–water partition coefficient (Wildman–Crippen LogP) is 2.15. The maximum absolute atomic E-state index is 4.36. The monoisotopic (exact) mass is 207 g/mol. The first-order valence-electron chi connectivity index (χ1n) is 5.97. The first-order valence-corrected chi connectivity index (χ1v) is 5.97. The third-order valence-electron chi connectivity index (χ3n) is 3.29. The Morgan fingerprint density at radius 1 is 1.40 bits per heavy atom. The summed E-state index contributed by atoms with van der Waals surface area (Å²) in [7, 11) is 0. The zero-order valence-electron chi connectivity index (χ0n) is 9.90. The molecule has 1 aromatic heterocycles. The summed E-state index contributed by atoms with van der Waals surface area (Å²) >= 11 is 0. The summed E-state index contributed by atoms with van der Waals surface area (Å²) in [6, 6.07) is 1.26. The summed E-state index contributed by atoms with van der Waals surface area (Å²) in [6.07, 6.45) is 6.72. The van der Waals surface area contributed by atoms with E-state index in [0.717, 1.165) is 6.54 Å². The van der Waals surface area contributed by atoms with Crippen LogP contribution in [0.3, 0.4) is 0 Å². The van der Waals surface area contributed by atoms with Gasteiger partial charge in [0, 0.05) is 24.8 Å². The minimum absolute atomic E-state index is 0.628. The molecular weight excluding hydrogens is 186 g/mol. The minimum atomic E-state index is 0.628. The molecule has 0 spiro atoms. The standard InChI is InChI=1S/C12H21N3/c1-4-15-8-12(7-13-15)11-5-9(2)14-10(3)6-11/h7-11,14H,4-6H2,1-3H3. The highest BCUT2D eigenvalue weighted by Gasteiger charge is 2.25. The number of hydrogen-bond acceptors (Lipinski definition) is 2. The van der Waals surface area contributed by atoms with E-state index in [2.05, 4.69) is 37.4 Å². The molecule has 1 fully saturated rings. The Morgan fingerprint density at radius 2 is 2.07 bits per heavy atom. The summed E-state index contributed by atoms with van der Waals surface area (Å²) < 4.78 is 2.02. The Kier molecular flexibility index (Phi) is 3.10. The fourth-order valence-electron chi connectivity index (χ4n) is 2.61. The van der Waals surface area contributed by atoms with Crippen molar-refractivity contribution in [1.82, 2.24) is 15.1 Å². The van der Waals surface area contributed by atoms with Crippen molar-refractivity contribution in [2.75, 3.05) is 0 Å². The number of nitrogens with one attached hydrogen (secondary N) is 1. The highest BCUT2D eigenvalue weighted by molar-refractivity contribution is 5.13. The van der Waals surface area contributed by atoms with Gasteiger partial charge in [-0.05, 0) is 45.1 Å². The average molecular weight is 207 g/mol. The van der Waals surface area contributed by atoms with Gasteiger partial charge in [0.2, 0.25) is 0 Å². The van der Waals surface area contributed by atoms with Gasteiger partial charge in [-0.15, -0.1) is 0 Å². The second kappa shape index (κ2) is 4.35. The SMILES string of the molecule is CCn1cc(C2CC(C)NC(C)C2)cn1. The van der Waals surface area contributed by atoms with Gasteiger partial charge in [0.05, 0.1) is 6.20 Å². The Labute approximate surface area is 91.9 Å². The lowest BCUT2D eigenvalue weighted by atomic mass is 9.85. The minimum Gasteiger partial charge on any atom is -0.312 e. The van der Waals surface area contributed by atoms with Crippen LogP contribution >= 0.6 is 0 Å². The van der Waals surface area contributed by atoms with Crippen molar-refractivity contribution >= 4 is 0 Å². The summed E-state index contributed by atoms with van der Waals surface area (Å²) in [5.74, 6) is 0.691. The van der Waals surface area contributed by atoms with Crippen LogP contribution in [0.25, 0.3) is 0 Å². The third-order valence-corrected chi connectivity index (χ3v) is 3.29. The molecule has 1 aliphatic rings. The van der Waals surface area contributed by atoms with E-state index < -0.39 is 0 Å². The van der Waals surface area contributed by atoms with E-state index in [0.29, 0.717) is 18.0 Å². The van der Waals surface area contributed by atoms with Gasteiger partial charge >= 0.3 is 0 Å². The zero-order chi connectivity index (χ0) is 10.8. The van der Waals surface area contributed by atoms with E-state index in [9.17, 15) is 0 Å². The van der Waals surface area contributed by atoms with Crippen LogP contribution in [0.4, 0.5) is 0 Å². The Morgan fingerprint density at radius 3 is 2.60 bits per heavy atom. The molecular formula is C12H21N3. The molecule has 2 heterocycles. The van der Waals surface area contributed by atoms with Gasteiger partial charge in [-0.1, -0.05) is 0 Å². The summed E-state index contributed by atoms with van der Waals surface area (Å²) in [5.41, 5.74) is 1.41. The smallest absolute Gasteiger partial charge is 0.0524 e. The highest BCUT2D eigenvalue weighted by atomic mass is 15.3. The predicted molar refractivity (Wildman–Crippen MR) is 61.9 cm³/mol. The molecule has 2 unspecified atom stereocenters. The second-order valence-electron chi connectivity index (χ2n) is 4.77. The maximum atomic E-state index is 4.36. The van der Waals surface area contributed by atoms with Gasteiger partial charge in [0.25, 0.3) is 0 Å². The van der Waals surface area contributed by atoms with Crippen LogP contribution in [0.2, 0.25) is 0 Å². The van der Waals surface area contributed by atoms with Crippen molar-refractivity contribution in [3.05, 3.63) is 18.0 Å². The average Bonchev–Trinajstić information content (AvgIpc) is 2.64. The first kappa shape index (κ1) is 10.7. The van der Waals surface area contributed by atoms with Gasteiger partial charge < -0.3 is 5.32 Å². The topological polar surface area (TPSA) is 29.9 Å². The van der Waals surface area contributed by atoms with E-state index in [1.54, 1.807) is 0 Å². The van der Waals surface area contributed by atoms with Gasteiger partial charge in [0.15, 0.2) is 0 Å². The quantitative estimate of drug-likeness (QED) is 0.805. The molecule has 0 aromatic carbocycles. The number of aromatic nitrogens is 2. The molecule has 2 atom stereocenters. The van der Waals surface area contributed by atoms with E-state index in [4.69, 9.17) is 0 Å². The molecule has 0 aliphatic carbocycles. The molecule has 1 aromatic rings. The number of nitrogens with zero attached hydrogens (tertiary/aromatic N) is 2. The van der Waals surface area contributed by atoms with Crippen LogP contribution < -0.4 is 5.32 Å². The molecule has 1 aliphatic heterocycles. The van der Waals surface area contributed by atoms with Crippen LogP contribution in [0.15, 0.2) is 12.4 Å². The highest BCUT2D eigenvalue weighted by Crippen LogP contribution is 2.29. The number of rotatable bonds is 2. The third kappa shape index (κ3) is 2.40. The lowest BCUT2D eigenvalue weighted by Crippen LogP contribution is -2.41. The fourth-order valence-corrected chi connectivity index (χ4v) is 2.61. The molecule has 0 saturated carbocycles. The molecule has 3 nitrogen and oxygen atoms in total. The molecule has 3 heteroatoms. The summed E-state index contributed by atoms with van der Waals surface area (Å²) in [4.78, 5) is 0. The lowest BCUT2D eigenvalue weighted by Gasteiger charge is -2.32. The van der Waals surface area contributed by atoms with Crippen molar-refractivity contribution in [2.24, 2.45) is 0 Å². The van der Waals surface area contributed by atoms with Crippen molar-refractivity contribution in [3.63, 3.8) is 0 Å². The largest absolute Gasteiger partial charge is 0.312 e. The first-order chi connectivity index (χ1) is 7.19. The van der Waals surface area contributed by atoms with Crippen LogP contribution in [0.5, 0.6) is 0 Å². The van der Waals surface area contributed by atoms with Crippen molar-refractivity contribution in [1.29, 1.82) is 0 Å². The number of aryl methyl sites for hydroxylation is 1. The van der Waals surface area contributed by atoms with Gasteiger partial charge in [-0.2, -0.15) is 5.10 Å². The Balaban J connectivity index is 2.09. The number of hydrogen-bond donors (Lipinski definition) is 1. The Bertz CT molecular complexity index is 308. The zero-order valence-corrected chi connectivity index (χ0v) is 9.90. The van der Waals surface area contributed by atoms with Gasteiger partial charge in [-0.25, -0.2) is 0 Å². The van der Waals surface area contributed by atoms with E-state index >= 15 is 0 Å². The normalized spacial score (nSPS) is 31.8. The van der Waals surface area contributed by atoms with Crippen LogP contribution in [0, 0.1) is 0 Å². The van der Waals surface area contributed by atoms with E-state index in [1.165, 1.54) is 18.4 Å². The molecule has 0 bridgehead atoms. The van der Waals surface area contributed by atoms with Crippen LogP contribution in [0.1, 0.15) is 45.1 Å². The van der Waals surface area contributed by atoms with E-state index in [1.807, 2.05) is 10.9 Å². The van der Waals surface area contributed by atoms with Crippen LogP contribution in [-0.4, -0.2) is 21.9 Å². The lowest BCUT2D eigenvalue weighted by molar-refractivity contribution is 0.317. The number of piperidine rings is 1. The van der Waals surface area contributed by atoms with Gasteiger partial charge in [0.1, 0.15) is 0 Å². The Hall–Kier alpha value is -0.830. The molecule has 1 N–H and O–H groups in total. The van der Waals surface area contributed by atoms with E-state index in [-0.39, 0.29) is 0 Å². The molecule has 1 saturated heterocycles. The molecule has 84 valence electrons. The molecule has 0 amide bonds. The second-order valence-corrected chi connectivity index (χ2v) is 4.77. The molecule has 0 radical (unpaired) electrons. The fraction of sp³-hybridized carbons (Fsp3) is 0.750. The molecule has 15 heavy (non-hydrogen) atoms. The van der Waals surface area contributed by atoms with Crippen molar-refractivity contribution in [3.8, 4) is 0 Å². The summed E-state index contributed by atoms with van der Waals surface area (Å²) in [6.45, 7) is 7.64. The maximum Gasteiger partial charge on any atom is 0.0524 e. The summed E-state index contributed by atoms with van der Waals surface area (Å²) in [5, 5.41) is 7.93. The van der Waals surface area contributed by atoms with Crippen molar-refractivity contribution in [2.45, 2.75) is 58.2 Å².